The second-order valence-electron chi connectivity index (χ2n) is 6.24. The Hall–Kier alpha value is -0.130. The van der Waals surface area contributed by atoms with E-state index in [1.54, 1.807) is 0 Å². The van der Waals surface area contributed by atoms with E-state index in [9.17, 15) is 13.5 Å². The standard InChI is InChI=1S/C12H25NO3S/c1-12(2,3)7-8-17(15,16)13-9-10-5-4-6-11(10)14/h10-11,13-14H,4-9H2,1-3H3. The van der Waals surface area contributed by atoms with Gasteiger partial charge in [-0.25, -0.2) is 13.1 Å². The molecule has 0 bridgehead atoms. The summed E-state index contributed by atoms with van der Waals surface area (Å²) in [6.45, 7) is 6.48. The smallest absolute Gasteiger partial charge is 0.211 e. The first-order valence-corrected chi connectivity index (χ1v) is 8.00. The van der Waals surface area contributed by atoms with Crippen molar-refractivity contribution in [2.45, 2.75) is 52.6 Å². The molecule has 17 heavy (non-hydrogen) atoms. The largest absolute Gasteiger partial charge is 0.393 e. The molecule has 0 aromatic heterocycles. The topological polar surface area (TPSA) is 66.4 Å². The van der Waals surface area contributed by atoms with Crippen LogP contribution in [-0.4, -0.2) is 31.9 Å². The number of hydrogen-bond donors (Lipinski definition) is 2. The predicted octanol–water partition coefficient (Wildman–Crippen LogP) is 1.50. The molecule has 0 aromatic rings. The van der Waals surface area contributed by atoms with Crippen molar-refractivity contribution < 1.29 is 13.5 Å². The summed E-state index contributed by atoms with van der Waals surface area (Å²) >= 11 is 0. The van der Waals surface area contributed by atoms with Gasteiger partial charge < -0.3 is 5.11 Å². The van der Waals surface area contributed by atoms with Gasteiger partial charge in [-0.15, -0.1) is 0 Å². The maximum atomic E-state index is 11.7. The van der Waals surface area contributed by atoms with Crippen molar-refractivity contribution in [3.05, 3.63) is 0 Å². The van der Waals surface area contributed by atoms with Crippen LogP contribution in [0.2, 0.25) is 0 Å². The minimum atomic E-state index is -3.19. The quantitative estimate of drug-likeness (QED) is 0.790. The molecule has 0 spiro atoms. The predicted molar refractivity (Wildman–Crippen MR) is 69.2 cm³/mol. The summed E-state index contributed by atoms with van der Waals surface area (Å²) in [5, 5.41) is 9.61. The Morgan fingerprint density at radius 2 is 1.94 bits per heavy atom. The van der Waals surface area contributed by atoms with E-state index >= 15 is 0 Å². The third-order valence-electron chi connectivity index (χ3n) is 3.31. The third kappa shape index (κ3) is 5.84. The molecule has 2 N–H and O–H groups in total. The van der Waals surface area contributed by atoms with E-state index in [-0.39, 0.29) is 23.2 Å². The van der Waals surface area contributed by atoms with E-state index < -0.39 is 10.0 Å². The molecule has 0 aliphatic heterocycles. The number of rotatable bonds is 5. The first-order chi connectivity index (χ1) is 7.70. The molecule has 4 nitrogen and oxygen atoms in total. The molecule has 0 aromatic carbocycles. The van der Waals surface area contributed by atoms with Crippen LogP contribution in [0, 0.1) is 11.3 Å². The maximum Gasteiger partial charge on any atom is 0.211 e. The van der Waals surface area contributed by atoms with Crippen LogP contribution in [0.1, 0.15) is 46.5 Å². The molecule has 0 heterocycles. The summed E-state index contributed by atoms with van der Waals surface area (Å²) < 4.78 is 26.1. The molecule has 0 radical (unpaired) electrons. The van der Waals surface area contributed by atoms with Gasteiger partial charge in [0.15, 0.2) is 0 Å². The van der Waals surface area contributed by atoms with Crippen LogP contribution < -0.4 is 4.72 Å². The molecule has 1 aliphatic carbocycles. The highest BCUT2D eigenvalue weighted by atomic mass is 32.2. The van der Waals surface area contributed by atoms with E-state index in [2.05, 4.69) is 4.72 Å². The minimum Gasteiger partial charge on any atom is -0.393 e. The van der Waals surface area contributed by atoms with E-state index in [1.165, 1.54) is 0 Å². The summed E-state index contributed by atoms with van der Waals surface area (Å²) in [5.74, 6) is 0.263. The van der Waals surface area contributed by atoms with Gasteiger partial charge in [0.05, 0.1) is 11.9 Å². The van der Waals surface area contributed by atoms with Gasteiger partial charge >= 0.3 is 0 Å². The zero-order valence-corrected chi connectivity index (χ0v) is 11.9. The van der Waals surface area contributed by atoms with Gasteiger partial charge in [0, 0.05) is 6.54 Å². The molecule has 1 aliphatic rings. The van der Waals surface area contributed by atoms with Crippen LogP contribution >= 0.6 is 0 Å². The van der Waals surface area contributed by atoms with Crippen molar-refractivity contribution in [2.75, 3.05) is 12.3 Å². The van der Waals surface area contributed by atoms with Crippen LogP contribution in [0.15, 0.2) is 0 Å². The van der Waals surface area contributed by atoms with Crippen LogP contribution in [0.5, 0.6) is 0 Å². The Bertz CT molecular complexity index is 332. The van der Waals surface area contributed by atoms with Gasteiger partial charge in [-0.3, -0.25) is 0 Å². The van der Waals surface area contributed by atoms with Gasteiger partial charge in [-0.2, -0.15) is 0 Å². The number of nitrogens with one attached hydrogen (secondary N) is 1. The lowest BCUT2D eigenvalue weighted by Gasteiger charge is -2.19. The SMILES string of the molecule is CC(C)(C)CCS(=O)(=O)NCC1CCCC1O. The van der Waals surface area contributed by atoms with Gasteiger partial charge in [-0.05, 0) is 30.6 Å². The fourth-order valence-corrected chi connectivity index (χ4v) is 3.50. The summed E-state index contributed by atoms with van der Waals surface area (Å²) in [6, 6.07) is 0. The molecule has 1 fully saturated rings. The molecule has 0 amide bonds. The van der Waals surface area contributed by atoms with Crippen molar-refractivity contribution in [1.29, 1.82) is 0 Å². The van der Waals surface area contributed by atoms with E-state index in [1.807, 2.05) is 20.8 Å². The molecule has 5 heteroatoms. The fourth-order valence-electron chi connectivity index (χ4n) is 2.00. The lowest BCUT2D eigenvalue weighted by atomic mass is 9.94. The Labute approximate surface area is 105 Å². The van der Waals surface area contributed by atoms with E-state index in [4.69, 9.17) is 0 Å². The minimum absolute atomic E-state index is 0.0294. The summed E-state index contributed by atoms with van der Waals surface area (Å²) in [6.07, 6.45) is 3.03. The lowest BCUT2D eigenvalue weighted by molar-refractivity contribution is 0.134. The second kappa shape index (κ2) is 5.67. The normalized spacial score (nSPS) is 26.4. The number of sulfonamides is 1. The highest BCUT2D eigenvalue weighted by Gasteiger charge is 2.26. The molecular weight excluding hydrogens is 238 g/mol. The Morgan fingerprint density at radius 3 is 2.41 bits per heavy atom. The third-order valence-corrected chi connectivity index (χ3v) is 4.65. The molecule has 0 saturated heterocycles. The molecular formula is C12H25NO3S. The van der Waals surface area contributed by atoms with Crippen LogP contribution in [0.3, 0.4) is 0 Å². The Kier molecular flexibility index (Phi) is 4.98. The first kappa shape index (κ1) is 14.9. The first-order valence-electron chi connectivity index (χ1n) is 6.35. The Morgan fingerprint density at radius 1 is 1.29 bits per heavy atom. The van der Waals surface area contributed by atoms with Crippen molar-refractivity contribution in [2.24, 2.45) is 11.3 Å². The maximum absolute atomic E-state index is 11.7. The van der Waals surface area contributed by atoms with E-state index in [0.29, 0.717) is 13.0 Å². The van der Waals surface area contributed by atoms with Crippen LogP contribution in [0.25, 0.3) is 0 Å². The highest BCUT2D eigenvalue weighted by molar-refractivity contribution is 7.89. The average molecular weight is 263 g/mol. The van der Waals surface area contributed by atoms with E-state index in [0.717, 1.165) is 19.3 Å². The molecule has 1 rings (SSSR count). The van der Waals surface area contributed by atoms with Gasteiger partial charge in [0.25, 0.3) is 0 Å². The average Bonchev–Trinajstić information content (AvgIpc) is 2.58. The van der Waals surface area contributed by atoms with Crippen molar-refractivity contribution in [3.8, 4) is 0 Å². The number of aliphatic hydroxyl groups is 1. The monoisotopic (exact) mass is 263 g/mol. The second-order valence-corrected chi connectivity index (χ2v) is 8.16. The van der Waals surface area contributed by atoms with Crippen LogP contribution in [-0.2, 0) is 10.0 Å². The van der Waals surface area contributed by atoms with Gasteiger partial charge in [0.1, 0.15) is 0 Å². The van der Waals surface area contributed by atoms with Gasteiger partial charge in [0.2, 0.25) is 10.0 Å². The summed E-state index contributed by atoms with van der Waals surface area (Å²) in [4.78, 5) is 0. The van der Waals surface area contributed by atoms with Crippen molar-refractivity contribution in [3.63, 3.8) is 0 Å². The van der Waals surface area contributed by atoms with Gasteiger partial charge in [-0.1, -0.05) is 27.2 Å². The lowest BCUT2D eigenvalue weighted by Crippen LogP contribution is -2.34. The van der Waals surface area contributed by atoms with Crippen molar-refractivity contribution in [1.82, 2.24) is 4.72 Å². The highest BCUT2D eigenvalue weighted by Crippen LogP contribution is 2.25. The van der Waals surface area contributed by atoms with Crippen molar-refractivity contribution >= 4 is 10.0 Å². The zero-order chi connectivity index (χ0) is 13.1. The molecule has 102 valence electrons. The van der Waals surface area contributed by atoms with Crippen LogP contribution in [0.4, 0.5) is 0 Å². The summed E-state index contributed by atoms with van der Waals surface area (Å²) in [7, 11) is -3.19. The number of aliphatic hydroxyl groups excluding tert-OH is 1. The number of hydrogen-bond acceptors (Lipinski definition) is 3. The summed E-state index contributed by atoms with van der Waals surface area (Å²) in [5.41, 5.74) is 0.0294. The molecule has 1 saturated carbocycles. The Balaban J connectivity index is 2.34. The zero-order valence-electron chi connectivity index (χ0n) is 11.1. The molecule has 2 unspecified atom stereocenters. The molecule has 2 atom stereocenters. The fraction of sp³-hybridized carbons (Fsp3) is 1.00.